The van der Waals surface area contributed by atoms with Crippen molar-refractivity contribution in [2.24, 2.45) is 0 Å². The van der Waals surface area contributed by atoms with Crippen molar-refractivity contribution in [2.45, 2.75) is 48.3 Å². The lowest BCUT2D eigenvalue weighted by atomic mass is 9.79. The van der Waals surface area contributed by atoms with Gasteiger partial charge in [0.05, 0.1) is 0 Å². The Morgan fingerprint density at radius 3 is 1.10 bits per heavy atom. The Morgan fingerprint density at radius 1 is 0.313 bits per heavy atom. The van der Waals surface area contributed by atoms with Crippen molar-refractivity contribution in [3.8, 4) is 55.6 Å². The number of hydrogen-bond acceptors (Lipinski definition) is 2. The molecule has 12 aromatic rings. The number of benzene rings is 10. The second kappa shape index (κ2) is 12.6. The molecule has 2 nitrogen and oxygen atoms in total. The molecule has 0 saturated heterocycles. The van der Waals surface area contributed by atoms with Crippen molar-refractivity contribution < 1.29 is 8.83 Å². The largest absolute Gasteiger partial charge is 0.456 e. The zero-order valence-corrected chi connectivity index (χ0v) is 39.2. The van der Waals surface area contributed by atoms with Gasteiger partial charge in [-0.1, -0.05) is 125 Å². The number of furan rings is 2. The van der Waals surface area contributed by atoms with E-state index >= 15 is 0 Å². The van der Waals surface area contributed by atoms with Gasteiger partial charge in [0, 0.05) is 42.2 Å². The zero-order chi connectivity index (χ0) is 44.9. The number of fused-ring (bicyclic) bond motifs is 19. The molecule has 0 N–H and O–H groups in total. The summed E-state index contributed by atoms with van der Waals surface area (Å²) in [7, 11) is -1.38. The maximum atomic E-state index is 6.43. The third kappa shape index (κ3) is 4.77. The van der Waals surface area contributed by atoms with Crippen molar-refractivity contribution in [1.82, 2.24) is 0 Å². The summed E-state index contributed by atoms with van der Waals surface area (Å²) in [4.78, 5) is 2.99. The van der Waals surface area contributed by atoms with Gasteiger partial charge in [-0.2, -0.15) is 10.0 Å². The Bertz CT molecular complexity index is 3970. The van der Waals surface area contributed by atoms with Crippen LogP contribution in [0.5, 0.6) is 0 Å². The summed E-state index contributed by atoms with van der Waals surface area (Å²) in [6.07, 6.45) is 5.06. The van der Waals surface area contributed by atoms with E-state index in [1.165, 1.54) is 109 Å². The first kappa shape index (κ1) is 37.8. The SMILES string of the molecule is CC1(C)c2cc3c(cc2-c2c1cc(-c1ccc4c(c1)oc1ccccc14)c1ccccc21)S(C)(C)c1cc2c(cc1-3)C(C)(C)c1cc(-c3ccc4c(c3)oc3ccccc34)c3ccccc3c1-2. The number of rotatable bonds is 2. The van der Waals surface area contributed by atoms with Gasteiger partial charge >= 0.3 is 0 Å². The number of hydrogen-bond donors (Lipinski definition) is 0. The molecule has 10 aromatic carbocycles. The fraction of sp³-hybridized carbons (Fsp3) is 0.125. The summed E-state index contributed by atoms with van der Waals surface area (Å²) >= 11 is 0. The van der Waals surface area contributed by atoms with Gasteiger partial charge in [0.2, 0.25) is 0 Å². The normalized spacial score (nSPS) is 16.1. The second-order valence-electron chi connectivity index (χ2n) is 20.8. The molecule has 0 unspecified atom stereocenters. The minimum absolute atomic E-state index is 0.211. The summed E-state index contributed by atoms with van der Waals surface area (Å²) in [6.45, 7) is 9.76. The zero-order valence-electron chi connectivity index (χ0n) is 38.4. The predicted molar refractivity (Wildman–Crippen MR) is 283 cm³/mol. The molecule has 2 aliphatic carbocycles. The van der Waals surface area contributed by atoms with Crippen molar-refractivity contribution >= 4 is 75.4 Å². The van der Waals surface area contributed by atoms with Gasteiger partial charge < -0.3 is 8.83 Å². The first-order valence-electron chi connectivity index (χ1n) is 23.5. The summed E-state index contributed by atoms with van der Waals surface area (Å²) in [5.41, 5.74) is 22.2. The number of para-hydroxylation sites is 2. The lowest BCUT2D eigenvalue weighted by Crippen LogP contribution is -2.16. The highest BCUT2D eigenvalue weighted by atomic mass is 32.3. The van der Waals surface area contributed by atoms with Crippen molar-refractivity contribution in [1.29, 1.82) is 0 Å². The average Bonchev–Trinajstić information content (AvgIpc) is 4.08. The first-order valence-corrected chi connectivity index (χ1v) is 26.0. The van der Waals surface area contributed by atoms with E-state index in [4.69, 9.17) is 8.83 Å². The van der Waals surface area contributed by atoms with E-state index in [2.05, 4.69) is 198 Å². The van der Waals surface area contributed by atoms with Gasteiger partial charge in [-0.3, -0.25) is 0 Å². The van der Waals surface area contributed by atoms with E-state index in [9.17, 15) is 0 Å². The fourth-order valence-corrected chi connectivity index (χ4v) is 15.4. The van der Waals surface area contributed by atoms with Crippen molar-refractivity contribution in [3.63, 3.8) is 0 Å². The predicted octanol–water partition coefficient (Wildman–Crippen LogP) is 18.2. The highest BCUT2D eigenvalue weighted by Crippen LogP contribution is 2.71. The smallest absolute Gasteiger partial charge is 0.136 e. The molecule has 2 aromatic heterocycles. The molecule has 1 aliphatic heterocycles. The lowest BCUT2D eigenvalue weighted by molar-refractivity contribution is 0.659. The van der Waals surface area contributed by atoms with E-state index in [0.717, 1.165) is 43.9 Å². The van der Waals surface area contributed by atoms with Crippen LogP contribution in [0.3, 0.4) is 0 Å². The molecule has 0 bridgehead atoms. The summed E-state index contributed by atoms with van der Waals surface area (Å²) in [5, 5.41) is 9.82. The minimum atomic E-state index is -1.38. The molecule has 0 radical (unpaired) electrons. The molecule has 0 saturated carbocycles. The summed E-state index contributed by atoms with van der Waals surface area (Å²) in [6, 6.07) is 63.8. The van der Waals surface area contributed by atoms with Crippen LogP contribution in [0.15, 0.2) is 188 Å². The van der Waals surface area contributed by atoms with Crippen LogP contribution in [0.2, 0.25) is 0 Å². The Morgan fingerprint density at radius 2 is 0.672 bits per heavy atom. The quantitative estimate of drug-likeness (QED) is 0.173. The molecule has 3 heterocycles. The molecular weight excluding hydrogens is 833 g/mol. The highest BCUT2D eigenvalue weighted by Gasteiger charge is 2.44. The van der Waals surface area contributed by atoms with Crippen LogP contribution in [-0.4, -0.2) is 12.5 Å². The van der Waals surface area contributed by atoms with E-state index < -0.39 is 10.0 Å². The van der Waals surface area contributed by atoms with Crippen LogP contribution >= 0.6 is 10.0 Å². The summed E-state index contributed by atoms with van der Waals surface area (Å²) < 4.78 is 12.9. The van der Waals surface area contributed by atoms with Crippen LogP contribution in [-0.2, 0) is 10.8 Å². The maximum Gasteiger partial charge on any atom is 0.136 e. The molecule has 0 atom stereocenters. The van der Waals surface area contributed by atoms with Gasteiger partial charge in [0.25, 0.3) is 0 Å². The van der Waals surface area contributed by atoms with E-state index in [0.29, 0.717) is 0 Å². The van der Waals surface area contributed by atoms with Gasteiger partial charge in [-0.25, -0.2) is 0 Å². The van der Waals surface area contributed by atoms with E-state index in [1.807, 2.05) is 12.1 Å². The van der Waals surface area contributed by atoms with Gasteiger partial charge in [-0.05, 0) is 185 Å². The lowest BCUT2D eigenvalue weighted by Gasteiger charge is -2.29. The van der Waals surface area contributed by atoms with E-state index in [1.54, 1.807) is 0 Å². The second-order valence-corrected chi connectivity index (χ2v) is 24.3. The molecule has 0 amide bonds. The molecule has 15 rings (SSSR count). The standard InChI is InChI=1S/C64H46O2S/c1-63(2)51-31-47-48-32-52-50(62-44-20-10-8-16-38(44)46(30-54(62)64(52,3)4)36-24-26-42-40-18-12-14-22-56(40)66-58(42)28-36)34-60(48)67(5,6)59(47)33-49(51)61-43-19-9-7-15-37(43)45(29-53(61)63)35-23-25-41-39-17-11-13-21-55(39)65-57(41)27-35/h7-34H,1-6H3. The average molecular weight is 879 g/mol. The Kier molecular flexibility index (Phi) is 7.09. The van der Waals surface area contributed by atoms with Crippen LogP contribution in [0.25, 0.3) is 121 Å². The first-order chi connectivity index (χ1) is 32.5. The fourth-order valence-electron chi connectivity index (χ4n) is 12.9. The third-order valence-corrected chi connectivity index (χ3v) is 19.2. The molecule has 320 valence electrons. The topological polar surface area (TPSA) is 26.3 Å². The molecule has 67 heavy (non-hydrogen) atoms. The van der Waals surface area contributed by atoms with E-state index in [-0.39, 0.29) is 10.8 Å². The van der Waals surface area contributed by atoms with Crippen molar-refractivity contribution in [2.75, 3.05) is 12.5 Å². The third-order valence-electron chi connectivity index (χ3n) is 16.3. The van der Waals surface area contributed by atoms with Crippen molar-refractivity contribution in [3.05, 3.63) is 192 Å². The maximum absolute atomic E-state index is 6.43. The molecule has 0 spiro atoms. The molecule has 0 fully saturated rings. The van der Waals surface area contributed by atoms with Crippen LogP contribution in [0.1, 0.15) is 49.9 Å². The minimum Gasteiger partial charge on any atom is -0.456 e. The Labute approximate surface area is 390 Å². The molecule has 3 aliphatic rings. The Balaban J connectivity index is 0.888. The van der Waals surface area contributed by atoms with Crippen LogP contribution in [0, 0.1) is 0 Å². The van der Waals surface area contributed by atoms with Crippen LogP contribution < -0.4 is 0 Å². The van der Waals surface area contributed by atoms with Gasteiger partial charge in [0.1, 0.15) is 22.3 Å². The Hall–Kier alpha value is -7.33. The van der Waals surface area contributed by atoms with Gasteiger partial charge in [0.15, 0.2) is 0 Å². The monoisotopic (exact) mass is 878 g/mol. The highest BCUT2D eigenvalue weighted by molar-refractivity contribution is 8.33. The van der Waals surface area contributed by atoms with Crippen LogP contribution in [0.4, 0.5) is 0 Å². The molecular formula is C64H46O2S. The van der Waals surface area contributed by atoms with Gasteiger partial charge in [-0.15, -0.1) is 0 Å². The summed E-state index contributed by atoms with van der Waals surface area (Å²) in [5.74, 6) is 0. The molecule has 3 heteroatoms.